The van der Waals surface area contributed by atoms with Crippen LogP contribution >= 0.6 is 11.3 Å². The first-order valence-corrected chi connectivity index (χ1v) is 10.5. The quantitative estimate of drug-likeness (QED) is 0.651. The van der Waals surface area contributed by atoms with E-state index in [2.05, 4.69) is 39.1 Å². The summed E-state index contributed by atoms with van der Waals surface area (Å²) in [7, 11) is 0. The predicted octanol–water partition coefficient (Wildman–Crippen LogP) is 4.85. The van der Waals surface area contributed by atoms with E-state index in [9.17, 15) is 4.79 Å². The van der Waals surface area contributed by atoms with E-state index >= 15 is 0 Å². The smallest absolute Gasteiger partial charge is 0.264 e. The maximum absolute atomic E-state index is 13.3. The zero-order valence-corrected chi connectivity index (χ0v) is 17.0. The molecule has 5 heteroatoms. The molecule has 3 heterocycles. The predicted molar refractivity (Wildman–Crippen MR) is 110 cm³/mol. The number of carbonyl (C=O) groups excluding carboxylic acids is 1. The van der Waals surface area contributed by atoms with Gasteiger partial charge in [-0.05, 0) is 57.6 Å². The van der Waals surface area contributed by atoms with Crippen molar-refractivity contribution in [2.24, 2.45) is 0 Å². The van der Waals surface area contributed by atoms with Crippen LogP contribution in [0, 0.1) is 20.8 Å². The van der Waals surface area contributed by atoms with Crippen LogP contribution in [0.3, 0.4) is 0 Å². The number of aryl methyl sites for hydroxylation is 4. The van der Waals surface area contributed by atoms with Gasteiger partial charge in [0.15, 0.2) is 0 Å². The number of carbonyl (C=O) groups is 1. The minimum Gasteiger partial charge on any atom is -0.335 e. The second-order valence-electron chi connectivity index (χ2n) is 7.41. The van der Waals surface area contributed by atoms with E-state index in [1.54, 1.807) is 0 Å². The summed E-state index contributed by atoms with van der Waals surface area (Å²) in [6.07, 6.45) is 4.23. The van der Waals surface area contributed by atoms with Crippen molar-refractivity contribution < 1.29 is 4.79 Å². The molecule has 4 rings (SSSR count). The lowest BCUT2D eigenvalue weighted by molar-refractivity contribution is 0.0735. The van der Waals surface area contributed by atoms with Crippen molar-refractivity contribution in [1.29, 1.82) is 0 Å². The van der Waals surface area contributed by atoms with Crippen molar-refractivity contribution in [2.45, 2.75) is 52.5 Å². The number of nitrogens with zero attached hydrogens (tertiary/aromatic N) is 3. The largest absolute Gasteiger partial charge is 0.335 e. The Bertz CT molecular complexity index is 980. The molecule has 0 saturated carbocycles. The average molecular weight is 380 g/mol. The molecule has 1 atom stereocenters. The lowest BCUT2D eigenvalue weighted by atomic mass is 10.0. The van der Waals surface area contributed by atoms with Gasteiger partial charge < -0.3 is 4.90 Å². The Kier molecular flexibility index (Phi) is 4.96. The molecule has 4 nitrogen and oxygen atoms in total. The zero-order valence-electron chi connectivity index (χ0n) is 16.2. The van der Waals surface area contributed by atoms with Crippen molar-refractivity contribution in [3.05, 3.63) is 57.9 Å². The second kappa shape index (κ2) is 7.39. The van der Waals surface area contributed by atoms with Crippen LogP contribution in [0.1, 0.15) is 51.6 Å². The summed E-state index contributed by atoms with van der Waals surface area (Å²) in [6, 6.07) is 10.9. The lowest BCUT2D eigenvalue weighted by Crippen LogP contribution is -2.35. The summed E-state index contributed by atoms with van der Waals surface area (Å²) in [5, 5.41) is 1.05. The molecule has 0 spiro atoms. The molecule has 1 fully saturated rings. The average Bonchev–Trinajstić information content (AvgIpc) is 3.25. The van der Waals surface area contributed by atoms with Gasteiger partial charge >= 0.3 is 0 Å². The highest BCUT2D eigenvalue weighted by Crippen LogP contribution is 2.34. The van der Waals surface area contributed by atoms with E-state index in [1.165, 1.54) is 16.9 Å². The Morgan fingerprint density at radius 3 is 2.74 bits per heavy atom. The molecule has 1 amide bonds. The molecule has 2 aromatic heterocycles. The fourth-order valence-corrected chi connectivity index (χ4v) is 5.42. The number of amides is 1. The molecule has 1 aromatic carbocycles. The molecule has 1 aliphatic rings. The van der Waals surface area contributed by atoms with Crippen LogP contribution in [0.4, 0.5) is 0 Å². The number of likely N-dealkylation sites (tertiary alicyclic amines) is 1. The minimum atomic E-state index is 0.170. The van der Waals surface area contributed by atoms with Crippen molar-refractivity contribution in [3.8, 4) is 0 Å². The van der Waals surface area contributed by atoms with Crippen molar-refractivity contribution in [1.82, 2.24) is 14.9 Å². The zero-order chi connectivity index (χ0) is 19.0. The third-order valence-corrected chi connectivity index (χ3v) is 6.70. The Hall–Kier alpha value is -2.27. The van der Waals surface area contributed by atoms with Gasteiger partial charge in [-0.3, -0.25) is 4.79 Å². The number of benzene rings is 1. The number of thiophene rings is 1. The van der Waals surface area contributed by atoms with Crippen LogP contribution in [-0.4, -0.2) is 33.4 Å². The Morgan fingerprint density at radius 1 is 1.19 bits per heavy atom. The molecule has 0 N–H and O–H groups in total. The summed E-state index contributed by atoms with van der Waals surface area (Å²) in [5.41, 5.74) is 3.34. The minimum absolute atomic E-state index is 0.170. The maximum atomic E-state index is 13.3. The van der Waals surface area contributed by atoms with E-state index in [-0.39, 0.29) is 5.91 Å². The van der Waals surface area contributed by atoms with Gasteiger partial charge in [0.25, 0.3) is 5.91 Å². The number of aromatic nitrogens is 2. The SMILES string of the molecule is Cc1nc(C)c2c(C)c(C(=O)N3CCCC3CCc3ccccc3)sc2n1. The highest BCUT2D eigenvalue weighted by Gasteiger charge is 2.31. The Labute approximate surface area is 164 Å². The molecule has 140 valence electrons. The van der Waals surface area contributed by atoms with Crippen molar-refractivity contribution in [2.75, 3.05) is 6.54 Å². The molecule has 1 unspecified atom stereocenters. The molecule has 27 heavy (non-hydrogen) atoms. The van der Waals surface area contributed by atoms with E-state index < -0.39 is 0 Å². The Balaban J connectivity index is 1.57. The fraction of sp³-hybridized carbons (Fsp3) is 0.409. The van der Waals surface area contributed by atoms with Crippen molar-refractivity contribution in [3.63, 3.8) is 0 Å². The molecular weight excluding hydrogens is 354 g/mol. The molecule has 0 radical (unpaired) electrons. The van der Waals surface area contributed by atoms with Crippen LogP contribution in [0.15, 0.2) is 30.3 Å². The highest BCUT2D eigenvalue weighted by atomic mass is 32.1. The van der Waals surface area contributed by atoms with Crippen LogP contribution in [0.25, 0.3) is 10.2 Å². The van der Waals surface area contributed by atoms with Crippen molar-refractivity contribution >= 4 is 27.5 Å². The summed E-state index contributed by atoms with van der Waals surface area (Å²) in [6.45, 7) is 6.80. The highest BCUT2D eigenvalue weighted by molar-refractivity contribution is 7.20. The molecule has 3 aromatic rings. The van der Waals surface area contributed by atoms with Gasteiger partial charge in [0.2, 0.25) is 0 Å². The monoisotopic (exact) mass is 379 g/mol. The first-order valence-electron chi connectivity index (χ1n) is 9.64. The molecule has 1 aliphatic heterocycles. The third-order valence-electron chi connectivity index (χ3n) is 5.52. The second-order valence-corrected chi connectivity index (χ2v) is 8.41. The van der Waals surface area contributed by atoms with Gasteiger partial charge in [-0.25, -0.2) is 9.97 Å². The number of rotatable bonds is 4. The summed E-state index contributed by atoms with van der Waals surface area (Å²) in [4.78, 5) is 26.2. The van der Waals surface area contributed by atoms with Gasteiger partial charge in [0.05, 0.1) is 4.88 Å². The summed E-state index contributed by atoms with van der Waals surface area (Å²) >= 11 is 1.52. The van der Waals surface area contributed by atoms with E-state index in [1.807, 2.05) is 26.8 Å². The van der Waals surface area contributed by atoms with E-state index in [0.29, 0.717) is 6.04 Å². The molecule has 0 aliphatic carbocycles. The fourth-order valence-electron chi connectivity index (χ4n) is 4.19. The maximum Gasteiger partial charge on any atom is 0.264 e. The van der Waals surface area contributed by atoms with Gasteiger partial charge in [0.1, 0.15) is 10.7 Å². The molecular formula is C22H25N3OS. The van der Waals surface area contributed by atoms with E-state index in [4.69, 9.17) is 0 Å². The lowest BCUT2D eigenvalue weighted by Gasteiger charge is -2.24. The first kappa shape index (κ1) is 18.1. The number of hydrogen-bond donors (Lipinski definition) is 0. The van der Waals surface area contributed by atoms with Gasteiger partial charge in [0, 0.05) is 23.7 Å². The van der Waals surface area contributed by atoms with E-state index in [0.717, 1.165) is 64.4 Å². The number of fused-ring (bicyclic) bond motifs is 1. The van der Waals surface area contributed by atoms with Crippen LogP contribution in [0.2, 0.25) is 0 Å². The van der Waals surface area contributed by atoms with Gasteiger partial charge in [-0.1, -0.05) is 30.3 Å². The van der Waals surface area contributed by atoms with Crippen LogP contribution in [0.5, 0.6) is 0 Å². The van der Waals surface area contributed by atoms with Gasteiger partial charge in [-0.15, -0.1) is 11.3 Å². The third kappa shape index (κ3) is 3.48. The summed E-state index contributed by atoms with van der Waals surface area (Å²) in [5.74, 6) is 0.935. The summed E-state index contributed by atoms with van der Waals surface area (Å²) < 4.78 is 0. The Morgan fingerprint density at radius 2 is 1.96 bits per heavy atom. The topological polar surface area (TPSA) is 46.1 Å². The first-order chi connectivity index (χ1) is 13.0. The number of hydrogen-bond acceptors (Lipinski definition) is 4. The molecule has 0 bridgehead atoms. The van der Waals surface area contributed by atoms with Gasteiger partial charge in [-0.2, -0.15) is 0 Å². The van der Waals surface area contributed by atoms with Crippen LogP contribution in [-0.2, 0) is 6.42 Å². The van der Waals surface area contributed by atoms with Crippen LogP contribution < -0.4 is 0 Å². The normalized spacial score (nSPS) is 17.0. The molecule has 1 saturated heterocycles. The standard InChI is InChI=1S/C22H25N3OS/c1-14-19-15(2)23-16(3)24-21(19)27-20(14)22(26)25-13-7-10-18(25)12-11-17-8-5-4-6-9-17/h4-6,8-9,18H,7,10-13H2,1-3H3.